The second-order valence-corrected chi connectivity index (χ2v) is 3.49. The van der Waals surface area contributed by atoms with E-state index in [1.165, 1.54) is 5.56 Å². The number of para-hydroxylation sites is 1. The summed E-state index contributed by atoms with van der Waals surface area (Å²) >= 11 is 0. The van der Waals surface area contributed by atoms with Crippen molar-refractivity contribution in [3.8, 4) is 0 Å². The fraction of sp³-hybridized carbons (Fsp3) is 0.0833. The van der Waals surface area contributed by atoms with E-state index in [0.717, 1.165) is 11.5 Å². The summed E-state index contributed by atoms with van der Waals surface area (Å²) in [4.78, 5) is 4.28. The van der Waals surface area contributed by atoms with E-state index < -0.39 is 0 Å². The first-order chi connectivity index (χ1) is 7.79. The minimum Gasteiger partial charge on any atom is -0.340 e. The Labute approximate surface area is 94.5 Å². The molecule has 0 aliphatic carbocycles. The van der Waals surface area contributed by atoms with Gasteiger partial charge in [-0.3, -0.25) is 0 Å². The zero-order chi connectivity index (χ0) is 11.4. The van der Waals surface area contributed by atoms with E-state index in [-0.39, 0.29) is 0 Å². The van der Waals surface area contributed by atoms with Crippen molar-refractivity contribution in [3.63, 3.8) is 0 Å². The molecule has 0 amide bonds. The number of hydrogen-bond acceptors (Lipinski definition) is 4. The van der Waals surface area contributed by atoms with Gasteiger partial charge >= 0.3 is 0 Å². The normalized spacial score (nSPS) is 9.88. The van der Waals surface area contributed by atoms with E-state index in [4.69, 9.17) is 5.84 Å². The molecule has 1 aromatic heterocycles. The van der Waals surface area contributed by atoms with E-state index in [0.29, 0.717) is 5.82 Å². The molecule has 0 aliphatic heterocycles. The van der Waals surface area contributed by atoms with E-state index in [9.17, 15) is 0 Å². The molecule has 2 aromatic rings. The Morgan fingerprint density at radius 2 is 1.75 bits per heavy atom. The maximum atomic E-state index is 5.30. The fourth-order valence-corrected chi connectivity index (χ4v) is 1.44. The minimum atomic E-state index is 0.638. The van der Waals surface area contributed by atoms with Gasteiger partial charge in [-0.15, -0.1) is 0 Å². The monoisotopic (exact) mass is 214 g/mol. The van der Waals surface area contributed by atoms with Gasteiger partial charge < -0.3 is 10.7 Å². The topological polar surface area (TPSA) is 63.0 Å². The highest BCUT2D eigenvalue weighted by Gasteiger charge is 1.99. The first-order valence-corrected chi connectivity index (χ1v) is 5.06. The Bertz CT molecular complexity index is 482. The summed E-state index contributed by atoms with van der Waals surface area (Å²) in [6.07, 6.45) is 0. The third-order valence-electron chi connectivity index (χ3n) is 2.30. The van der Waals surface area contributed by atoms with Gasteiger partial charge in [-0.05, 0) is 30.7 Å². The van der Waals surface area contributed by atoms with Gasteiger partial charge in [0.1, 0.15) is 11.6 Å². The number of anilines is 3. The number of hydrogen-bond donors (Lipinski definition) is 3. The molecular weight excluding hydrogens is 200 g/mol. The lowest BCUT2D eigenvalue weighted by molar-refractivity contribution is 1.22. The van der Waals surface area contributed by atoms with Crippen molar-refractivity contribution in [2.45, 2.75) is 6.92 Å². The Morgan fingerprint density at radius 1 is 1.00 bits per heavy atom. The summed E-state index contributed by atoms with van der Waals surface area (Å²) in [5.41, 5.74) is 4.74. The molecule has 0 saturated heterocycles. The Hall–Kier alpha value is -2.07. The number of benzene rings is 1. The van der Waals surface area contributed by atoms with Crippen LogP contribution in [0.15, 0.2) is 42.5 Å². The van der Waals surface area contributed by atoms with Crippen LogP contribution in [0, 0.1) is 6.92 Å². The molecule has 82 valence electrons. The van der Waals surface area contributed by atoms with Crippen molar-refractivity contribution in [3.05, 3.63) is 48.0 Å². The van der Waals surface area contributed by atoms with Crippen molar-refractivity contribution < 1.29 is 0 Å². The summed E-state index contributed by atoms with van der Waals surface area (Å²) < 4.78 is 0. The second-order valence-electron chi connectivity index (χ2n) is 3.49. The van der Waals surface area contributed by atoms with Crippen LogP contribution in [0.1, 0.15) is 5.56 Å². The van der Waals surface area contributed by atoms with Crippen LogP contribution in [0.4, 0.5) is 17.3 Å². The predicted molar refractivity (Wildman–Crippen MR) is 66.5 cm³/mol. The second kappa shape index (κ2) is 4.63. The molecule has 1 aromatic carbocycles. The lowest BCUT2D eigenvalue weighted by Crippen LogP contribution is -2.09. The van der Waals surface area contributed by atoms with Crippen LogP contribution in [0.25, 0.3) is 0 Å². The van der Waals surface area contributed by atoms with Crippen molar-refractivity contribution in [1.82, 2.24) is 4.98 Å². The predicted octanol–water partition coefficient (Wildman–Crippen LogP) is 2.42. The van der Waals surface area contributed by atoms with E-state index in [1.807, 2.05) is 49.4 Å². The number of rotatable bonds is 3. The molecule has 0 spiro atoms. The molecule has 0 bridgehead atoms. The molecule has 0 unspecified atom stereocenters. The lowest BCUT2D eigenvalue weighted by atomic mass is 10.2. The average molecular weight is 214 g/mol. The van der Waals surface area contributed by atoms with Crippen molar-refractivity contribution in [2.24, 2.45) is 5.84 Å². The summed E-state index contributed by atoms with van der Waals surface area (Å²) in [6.45, 7) is 2.05. The van der Waals surface area contributed by atoms with Crippen LogP contribution >= 0.6 is 0 Å². The maximum Gasteiger partial charge on any atom is 0.142 e. The van der Waals surface area contributed by atoms with Gasteiger partial charge in [0.2, 0.25) is 0 Å². The molecule has 1 heterocycles. The van der Waals surface area contributed by atoms with Crippen LogP contribution in [-0.4, -0.2) is 4.98 Å². The highest BCUT2D eigenvalue weighted by Crippen LogP contribution is 2.19. The van der Waals surface area contributed by atoms with Gasteiger partial charge in [-0.1, -0.05) is 24.3 Å². The van der Waals surface area contributed by atoms with Crippen LogP contribution in [0.3, 0.4) is 0 Å². The van der Waals surface area contributed by atoms with Crippen molar-refractivity contribution in [1.29, 1.82) is 0 Å². The van der Waals surface area contributed by atoms with E-state index >= 15 is 0 Å². The first-order valence-electron chi connectivity index (χ1n) is 5.06. The third-order valence-corrected chi connectivity index (χ3v) is 2.30. The number of aryl methyl sites for hydroxylation is 1. The molecular formula is C12H14N4. The summed E-state index contributed by atoms with van der Waals surface area (Å²) in [5.74, 6) is 6.71. The lowest BCUT2D eigenvalue weighted by Gasteiger charge is -2.09. The molecule has 4 nitrogen and oxygen atoms in total. The van der Waals surface area contributed by atoms with Gasteiger partial charge in [0.25, 0.3) is 0 Å². The number of nitrogen functional groups attached to an aromatic ring is 1. The van der Waals surface area contributed by atoms with Gasteiger partial charge in [0, 0.05) is 5.69 Å². The third kappa shape index (κ3) is 2.29. The molecule has 16 heavy (non-hydrogen) atoms. The largest absolute Gasteiger partial charge is 0.340 e. The number of hydrazine groups is 1. The molecule has 0 saturated carbocycles. The molecule has 4 N–H and O–H groups in total. The zero-order valence-corrected chi connectivity index (χ0v) is 9.07. The molecule has 0 atom stereocenters. The molecule has 0 fully saturated rings. The van der Waals surface area contributed by atoms with Crippen LogP contribution in [0.5, 0.6) is 0 Å². The highest BCUT2D eigenvalue weighted by molar-refractivity contribution is 5.61. The molecule has 0 aliphatic rings. The number of pyridine rings is 1. The Morgan fingerprint density at radius 3 is 2.50 bits per heavy atom. The van der Waals surface area contributed by atoms with E-state index in [1.54, 1.807) is 0 Å². The zero-order valence-electron chi connectivity index (χ0n) is 9.07. The summed E-state index contributed by atoms with van der Waals surface area (Å²) in [6, 6.07) is 13.7. The number of nitrogens with zero attached hydrogens (tertiary/aromatic N) is 1. The average Bonchev–Trinajstić information content (AvgIpc) is 2.32. The smallest absolute Gasteiger partial charge is 0.142 e. The SMILES string of the molecule is Cc1ccccc1Nc1cccc(NN)n1. The Balaban J connectivity index is 2.24. The molecule has 2 rings (SSSR count). The quantitative estimate of drug-likeness (QED) is 0.542. The summed E-state index contributed by atoms with van der Waals surface area (Å²) in [5, 5.41) is 3.24. The number of nitrogens with two attached hydrogens (primary N) is 1. The molecule has 0 radical (unpaired) electrons. The fourth-order valence-electron chi connectivity index (χ4n) is 1.44. The van der Waals surface area contributed by atoms with E-state index in [2.05, 4.69) is 15.7 Å². The van der Waals surface area contributed by atoms with Gasteiger partial charge in [-0.25, -0.2) is 10.8 Å². The maximum absolute atomic E-state index is 5.30. The number of aromatic nitrogens is 1. The minimum absolute atomic E-state index is 0.638. The van der Waals surface area contributed by atoms with Crippen molar-refractivity contribution in [2.75, 3.05) is 10.7 Å². The summed E-state index contributed by atoms with van der Waals surface area (Å²) in [7, 11) is 0. The van der Waals surface area contributed by atoms with Crippen molar-refractivity contribution >= 4 is 17.3 Å². The van der Waals surface area contributed by atoms with Gasteiger partial charge in [-0.2, -0.15) is 0 Å². The Kier molecular flexibility index (Phi) is 3.03. The van der Waals surface area contributed by atoms with Gasteiger partial charge in [0.05, 0.1) is 0 Å². The molecule has 4 heteroatoms. The first kappa shape index (κ1) is 10.4. The van der Waals surface area contributed by atoms with Crippen LogP contribution < -0.4 is 16.6 Å². The van der Waals surface area contributed by atoms with Crippen LogP contribution in [0.2, 0.25) is 0 Å². The highest BCUT2D eigenvalue weighted by atomic mass is 15.3. The van der Waals surface area contributed by atoms with Crippen LogP contribution in [-0.2, 0) is 0 Å². The standard InChI is InChI=1S/C12H14N4/c1-9-5-2-3-6-10(9)14-11-7-4-8-12(15-11)16-13/h2-8H,13H2,1H3,(H2,14,15,16). The number of nitrogens with one attached hydrogen (secondary N) is 2. The van der Waals surface area contributed by atoms with Gasteiger partial charge in [0.15, 0.2) is 0 Å².